The van der Waals surface area contributed by atoms with Gasteiger partial charge in [-0.15, -0.1) is 0 Å². The minimum absolute atomic E-state index is 0.295. The fourth-order valence-corrected chi connectivity index (χ4v) is 2.68. The second kappa shape index (κ2) is 6.72. The van der Waals surface area contributed by atoms with Crippen LogP contribution in [0.2, 0.25) is 0 Å². The molecule has 0 amide bonds. The van der Waals surface area contributed by atoms with Crippen molar-refractivity contribution in [2.24, 2.45) is 0 Å². The Hall–Kier alpha value is -1.88. The van der Waals surface area contributed by atoms with Crippen molar-refractivity contribution in [3.05, 3.63) is 42.6 Å². The second-order valence-corrected chi connectivity index (χ2v) is 5.58. The van der Waals surface area contributed by atoms with Crippen molar-refractivity contribution in [2.45, 2.75) is 32.4 Å². The van der Waals surface area contributed by atoms with Crippen molar-refractivity contribution >= 4 is 0 Å². The van der Waals surface area contributed by atoms with Crippen molar-refractivity contribution < 1.29 is 4.74 Å². The van der Waals surface area contributed by atoms with E-state index in [1.54, 1.807) is 6.20 Å². The van der Waals surface area contributed by atoms with Crippen LogP contribution >= 0.6 is 0 Å². The lowest BCUT2D eigenvalue weighted by molar-refractivity contribution is 0.0944. The molecule has 1 aliphatic heterocycles. The van der Waals surface area contributed by atoms with Crippen LogP contribution in [0.15, 0.2) is 37.1 Å². The number of hydrogen-bond acceptors (Lipinski definition) is 4. The van der Waals surface area contributed by atoms with Crippen molar-refractivity contribution in [3.63, 3.8) is 0 Å². The fourth-order valence-electron chi connectivity index (χ4n) is 2.68. The SMILES string of the molecule is Cc1cccnc1OC1CCN(CCn2ccnc2)CC1. The lowest BCUT2D eigenvalue weighted by Crippen LogP contribution is -2.39. The van der Waals surface area contributed by atoms with Gasteiger partial charge in [-0.1, -0.05) is 6.07 Å². The molecule has 3 heterocycles. The van der Waals surface area contributed by atoms with Gasteiger partial charge in [0, 0.05) is 50.3 Å². The summed E-state index contributed by atoms with van der Waals surface area (Å²) in [6.45, 7) is 6.30. The average Bonchev–Trinajstić information content (AvgIpc) is 3.02. The van der Waals surface area contributed by atoms with Gasteiger partial charge < -0.3 is 14.2 Å². The Morgan fingerprint density at radius 3 is 2.81 bits per heavy atom. The van der Waals surface area contributed by atoms with E-state index in [1.807, 2.05) is 37.8 Å². The molecule has 0 N–H and O–H groups in total. The Kier molecular flexibility index (Phi) is 4.50. The number of piperidine rings is 1. The maximum absolute atomic E-state index is 6.03. The predicted octanol–water partition coefficient (Wildman–Crippen LogP) is 2.13. The van der Waals surface area contributed by atoms with Crippen molar-refractivity contribution in [1.82, 2.24) is 19.4 Å². The topological polar surface area (TPSA) is 43.2 Å². The Morgan fingerprint density at radius 2 is 2.10 bits per heavy atom. The van der Waals surface area contributed by atoms with E-state index in [4.69, 9.17) is 4.74 Å². The summed E-state index contributed by atoms with van der Waals surface area (Å²) in [4.78, 5) is 10.9. The van der Waals surface area contributed by atoms with E-state index in [0.717, 1.165) is 50.5 Å². The van der Waals surface area contributed by atoms with Crippen LogP contribution in [0.4, 0.5) is 0 Å². The van der Waals surface area contributed by atoms with Crippen molar-refractivity contribution in [3.8, 4) is 5.88 Å². The van der Waals surface area contributed by atoms with Crippen LogP contribution in [0.3, 0.4) is 0 Å². The standard InChI is InChI=1S/C16H22N4O/c1-14-3-2-6-18-16(14)21-15-4-8-19(9-5-15)11-12-20-10-7-17-13-20/h2-3,6-7,10,13,15H,4-5,8-9,11-12H2,1H3. The van der Waals surface area contributed by atoms with Crippen LogP contribution in [-0.4, -0.2) is 45.2 Å². The van der Waals surface area contributed by atoms with E-state index in [0.29, 0.717) is 6.10 Å². The van der Waals surface area contributed by atoms with Gasteiger partial charge in [0.2, 0.25) is 5.88 Å². The van der Waals surface area contributed by atoms with Gasteiger partial charge in [-0.05, 0) is 25.8 Å². The van der Waals surface area contributed by atoms with Gasteiger partial charge in [0.25, 0.3) is 0 Å². The van der Waals surface area contributed by atoms with E-state index >= 15 is 0 Å². The van der Waals surface area contributed by atoms with E-state index in [9.17, 15) is 0 Å². The first-order chi connectivity index (χ1) is 10.3. The summed E-state index contributed by atoms with van der Waals surface area (Å²) in [7, 11) is 0. The van der Waals surface area contributed by atoms with E-state index in [1.165, 1.54) is 0 Å². The Labute approximate surface area is 125 Å². The summed E-state index contributed by atoms with van der Waals surface area (Å²) in [5, 5.41) is 0. The molecule has 0 spiro atoms. The first-order valence-electron chi connectivity index (χ1n) is 7.57. The van der Waals surface area contributed by atoms with Crippen LogP contribution in [0.1, 0.15) is 18.4 Å². The first-order valence-corrected chi connectivity index (χ1v) is 7.57. The third-order valence-electron chi connectivity index (χ3n) is 4.01. The summed E-state index contributed by atoms with van der Waals surface area (Å²) < 4.78 is 8.16. The fraction of sp³-hybridized carbons (Fsp3) is 0.500. The number of nitrogens with zero attached hydrogens (tertiary/aromatic N) is 4. The van der Waals surface area contributed by atoms with Gasteiger partial charge >= 0.3 is 0 Å². The minimum atomic E-state index is 0.295. The van der Waals surface area contributed by atoms with Crippen LogP contribution in [0, 0.1) is 6.92 Å². The van der Waals surface area contributed by atoms with Gasteiger partial charge in [0.15, 0.2) is 0 Å². The molecule has 0 aromatic carbocycles. The predicted molar refractivity (Wildman–Crippen MR) is 81.3 cm³/mol. The zero-order valence-electron chi connectivity index (χ0n) is 12.5. The molecule has 112 valence electrons. The number of hydrogen-bond donors (Lipinski definition) is 0. The normalized spacial score (nSPS) is 17.0. The number of imidazole rings is 1. The van der Waals surface area contributed by atoms with Gasteiger partial charge in [0.1, 0.15) is 6.10 Å². The Balaban J connectivity index is 1.44. The number of aryl methyl sites for hydroxylation is 1. The molecule has 3 rings (SSSR count). The maximum atomic E-state index is 6.03. The molecule has 5 heteroatoms. The van der Waals surface area contributed by atoms with Crippen molar-refractivity contribution in [1.29, 1.82) is 0 Å². The van der Waals surface area contributed by atoms with Gasteiger partial charge in [-0.3, -0.25) is 0 Å². The molecule has 0 radical (unpaired) electrons. The Morgan fingerprint density at radius 1 is 1.24 bits per heavy atom. The molecule has 0 aliphatic carbocycles. The highest BCUT2D eigenvalue weighted by molar-refractivity contribution is 5.23. The molecule has 0 unspecified atom stereocenters. The third-order valence-corrected chi connectivity index (χ3v) is 4.01. The third kappa shape index (κ3) is 3.82. The summed E-state index contributed by atoms with van der Waals surface area (Å²) in [6, 6.07) is 3.99. The molecule has 1 aliphatic rings. The van der Waals surface area contributed by atoms with Crippen LogP contribution < -0.4 is 4.74 Å². The highest BCUT2D eigenvalue weighted by Gasteiger charge is 2.21. The van der Waals surface area contributed by atoms with E-state index < -0.39 is 0 Å². The zero-order chi connectivity index (χ0) is 14.5. The van der Waals surface area contributed by atoms with Crippen LogP contribution in [0.25, 0.3) is 0 Å². The zero-order valence-corrected chi connectivity index (χ0v) is 12.5. The molecule has 2 aromatic heterocycles. The molecular formula is C16H22N4O. The number of rotatable bonds is 5. The lowest BCUT2D eigenvalue weighted by atomic mass is 10.1. The molecule has 0 bridgehead atoms. The number of likely N-dealkylation sites (tertiary alicyclic amines) is 1. The largest absolute Gasteiger partial charge is 0.474 e. The second-order valence-electron chi connectivity index (χ2n) is 5.58. The number of pyridine rings is 1. The van der Waals surface area contributed by atoms with Gasteiger partial charge in [-0.2, -0.15) is 0 Å². The van der Waals surface area contributed by atoms with E-state index in [-0.39, 0.29) is 0 Å². The lowest BCUT2D eigenvalue weighted by Gasteiger charge is -2.32. The van der Waals surface area contributed by atoms with Gasteiger partial charge in [-0.25, -0.2) is 9.97 Å². The minimum Gasteiger partial charge on any atom is -0.474 e. The number of ether oxygens (including phenoxy) is 1. The van der Waals surface area contributed by atoms with Crippen molar-refractivity contribution in [2.75, 3.05) is 19.6 Å². The summed E-state index contributed by atoms with van der Waals surface area (Å²) in [5.74, 6) is 0.786. The molecule has 0 atom stereocenters. The van der Waals surface area contributed by atoms with Gasteiger partial charge in [0.05, 0.1) is 6.33 Å². The summed E-state index contributed by atoms with van der Waals surface area (Å²) >= 11 is 0. The monoisotopic (exact) mass is 286 g/mol. The van der Waals surface area contributed by atoms with Crippen LogP contribution in [-0.2, 0) is 6.54 Å². The molecule has 1 fully saturated rings. The smallest absolute Gasteiger partial charge is 0.216 e. The summed E-state index contributed by atoms with van der Waals surface area (Å²) in [6.07, 6.45) is 9.94. The Bertz CT molecular complexity index is 547. The summed E-state index contributed by atoms with van der Waals surface area (Å²) in [5.41, 5.74) is 1.11. The molecule has 0 saturated carbocycles. The highest BCUT2D eigenvalue weighted by Crippen LogP contribution is 2.19. The average molecular weight is 286 g/mol. The molecule has 5 nitrogen and oxygen atoms in total. The highest BCUT2D eigenvalue weighted by atomic mass is 16.5. The molecule has 21 heavy (non-hydrogen) atoms. The molecular weight excluding hydrogens is 264 g/mol. The quantitative estimate of drug-likeness (QED) is 0.844. The molecule has 1 saturated heterocycles. The van der Waals surface area contributed by atoms with E-state index in [2.05, 4.69) is 19.4 Å². The maximum Gasteiger partial charge on any atom is 0.216 e. The molecule has 2 aromatic rings. The first kappa shape index (κ1) is 14.1. The van der Waals surface area contributed by atoms with Crippen LogP contribution in [0.5, 0.6) is 5.88 Å². The number of aromatic nitrogens is 3.